The summed E-state index contributed by atoms with van der Waals surface area (Å²) < 4.78 is 5.21. The van der Waals surface area contributed by atoms with E-state index in [0.717, 1.165) is 64.2 Å². The van der Waals surface area contributed by atoms with Gasteiger partial charge in [0.2, 0.25) is 11.8 Å². The van der Waals surface area contributed by atoms with Crippen molar-refractivity contribution < 1.29 is 14.3 Å². The molecule has 2 amide bonds. The van der Waals surface area contributed by atoms with Crippen molar-refractivity contribution in [3.05, 3.63) is 29.8 Å². The fraction of sp³-hybridized carbons (Fsp3) is 0.619. The third-order valence-electron chi connectivity index (χ3n) is 6.30. The van der Waals surface area contributed by atoms with Gasteiger partial charge in [-0.05, 0) is 30.5 Å². The number of hydrogen-bond acceptors (Lipinski definition) is 5. The second-order valence-corrected chi connectivity index (χ2v) is 7.99. The van der Waals surface area contributed by atoms with E-state index in [1.54, 1.807) is 12.0 Å². The predicted octanol–water partition coefficient (Wildman–Crippen LogP) is 1.95. The molecule has 1 aliphatic carbocycles. The van der Waals surface area contributed by atoms with Crippen LogP contribution in [0.4, 0.5) is 0 Å². The maximum Gasteiger partial charge on any atom is 0.234 e. The summed E-state index contributed by atoms with van der Waals surface area (Å²) >= 11 is 0. The van der Waals surface area contributed by atoms with Crippen LogP contribution < -0.4 is 4.74 Å². The number of rotatable bonds is 5. The molecule has 2 saturated heterocycles. The summed E-state index contributed by atoms with van der Waals surface area (Å²) in [6.45, 7) is 5.08. The van der Waals surface area contributed by atoms with Gasteiger partial charge in [0.05, 0.1) is 25.6 Å². The fourth-order valence-electron chi connectivity index (χ4n) is 4.65. The summed E-state index contributed by atoms with van der Waals surface area (Å²) in [7, 11) is 1.68. The van der Waals surface area contributed by atoms with E-state index in [2.05, 4.69) is 21.9 Å². The lowest BCUT2D eigenvalue weighted by Crippen LogP contribution is -2.51. The van der Waals surface area contributed by atoms with Gasteiger partial charge < -0.3 is 4.74 Å². The van der Waals surface area contributed by atoms with E-state index < -0.39 is 0 Å². The number of piperazine rings is 1. The molecule has 6 heteroatoms. The molecule has 4 rings (SSSR count). The molecular weight excluding hydrogens is 342 g/mol. The van der Waals surface area contributed by atoms with Crippen LogP contribution >= 0.6 is 0 Å². The van der Waals surface area contributed by atoms with Crippen LogP contribution in [0.3, 0.4) is 0 Å². The average Bonchev–Trinajstić information content (AvgIpc) is 2.95. The number of imide groups is 1. The number of benzene rings is 1. The summed E-state index contributed by atoms with van der Waals surface area (Å²) in [5.41, 5.74) is 1.28. The molecule has 27 heavy (non-hydrogen) atoms. The van der Waals surface area contributed by atoms with Crippen molar-refractivity contribution in [3.8, 4) is 5.75 Å². The molecule has 2 aliphatic heterocycles. The number of hydrogen-bond donors (Lipinski definition) is 0. The lowest BCUT2D eigenvalue weighted by molar-refractivity contribution is -0.142. The van der Waals surface area contributed by atoms with E-state index in [1.165, 1.54) is 5.56 Å². The third-order valence-corrected chi connectivity index (χ3v) is 6.30. The van der Waals surface area contributed by atoms with Crippen LogP contribution in [-0.2, 0) is 16.1 Å². The smallest absolute Gasteiger partial charge is 0.234 e. The standard InChI is InChI=1S/C21H29N3O3/c1-27-17-8-6-16(7-9-17)14-22-10-12-23(13-11-22)15-24-20(25)18-4-2-3-5-19(18)21(24)26/h6-9,18-19H,2-5,10-15H2,1H3/t18-,19-/m1/s1. The van der Waals surface area contributed by atoms with Gasteiger partial charge in [-0.3, -0.25) is 24.3 Å². The first kappa shape index (κ1) is 18.4. The number of ether oxygens (including phenoxy) is 1. The normalized spacial score (nSPS) is 27.1. The minimum atomic E-state index is -0.0392. The minimum Gasteiger partial charge on any atom is -0.497 e. The van der Waals surface area contributed by atoms with Gasteiger partial charge in [-0.1, -0.05) is 25.0 Å². The molecule has 0 aromatic heterocycles. The van der Waals surface area contributed by atoms with Crippen molar-refractivity contribution in [3.63, 3.8) is 0 Å². The number of likely N-dealkylation sites (tertiary alicyclic amines) is 1. The van der Waals surface area contributed by atoms with Gasteiger partial charge in [0.1, 0.15) is 5.75 Å². The van der Waals surface area contributed by atoms with E-state index in [4.69, 9.17) is 4.74 Å². The summed E-state index contributed by atoms with van der Waals surface area (Å²) in [6.07, 6.45) is 3.94. The van der Waals surface area contributed by atoms with Crippen molar-refractivity contribution >= 4 is 11.8 Å². The average molecular weight is 371 g/mol. The summed E-state index contributed by atoms with van der Waals surface area (Å²) in [4.78, 5) is 31.5. The Morgan fingerprint density at radius 3 is 2.00 bits per heavy atom. The molecule has 2 heterocycles. The van der Waals surface area contributed by atoms with E-state index in [1.807, 2.05) is 12.1 Å². The van der Waals surface area contributed by atoms with Crippen molar-refractivity contribution in [2.45, 2.75) is 32.2 Å². The molecule has 146 valence electrons. The minimum absolute atomic E-state index is 0.0392. The maximum atomic E-state index is 12.6. The van der Waals surface area contributed by atoms with Crippen LogP contribution in [0.5, 0.6) is 5.75 Å². The lowest BCUT2D eigenvalue weighted by Gasteiger charge is -2.36. The maximum absolute atomic E-state index is 12.6. The molecule has 0 spiro atoms. The highest BCUT2D eigenvalue weighted by Crippen LogP contribution is 2.38. The molecule has 1 aromatic carbocycles. The van der Waals surface area contributed by atoms with Crippen molar-refractivity contribution in [1.29, 1.82) is 0 Å². The Kier molecular flexibility index (Phi) is 5.45. The Bertz CT molecular complexity index is 658. The van der Waals surface area contributed by atoms with Crippen LogP contribution in [0.25, 0.3) is 0 Å². The van der Waals surface area contributed by atoms with Gasteiger partial charge in [0.25, 0.3) is 0 Å². The highest BCUT2D eigenvalue weighted by molar-refractivity contribution is 6.05. The molecule has 2 atom stereocenters. The summed E-state index contributed by atoms with van der Waals surface area (Å²) in [5, 5.41) is 0. The molecule has 0 unspecified atom stereocenters. The van der Waals surface area contributed by atoms with Crippen LogP contribution in [0, 0.1) is 11.8 Å². The van der Waals surface area contributed by atoms with E-state index in [9.17, 15) is 9.59 Å². The van der Waals surface area contributed by atoms with Crippen LogP contribution in [0.2, 0.25) is 0 Å². The molecule has 0 N–H and O–H groups in total. The first-order valence-electron chi connectivity index (χ1n) is 10.1. The number of amides is 2. The van der Waals surface area contributed by atoms with Gasteiger partial charge >= 0.3 is 0 Å². The Morgan fingerprint density at radius 1 is 0.889 bits per heavy atom. The molecule has 3 fully saturated rings. The number of fused-ring (bicyclic) bond motifs is 1. The zero-order valence-electron chi connectivity index (χ0n) is 16.1. The van der Waals surface area contributed by atoms with Crippen LogP contribution in [-0.4, -0.2) is 66.5 Å². The Balaban J connectivity index is 1.28. The Hall–Kier alpha value is -1.92. The number of carbonyl (C=O) groups excluding carboxylic acids is 2. The van der Waals surface area contributed by atoms with Crippen molar-refractivity contribution in [1.82, 2.24) is 14.7 Å². The first-order chi connectivity index (χ1) is 13.2. The number of methoxy groups -OCH3 is 1. The molecule has 6 nitrogen and oxygen atoms in total. The SMILES string of the molecule is COc1ccc(CN2CCN(CN3C(=O)[C@@H]4CCCC[C@H]4C3=O)CC2)cc1. The van der Waals surface area contributed by atoms with Crippen molar-refractivity contribution in [2.75, 3.05) is 40.0 Å². The molecule has 0 radical (unpaired) electrons. The highest BCUT2D eigenvalue weighted by Gasteiger charge is 2.48. The van der Waals surface area contributed by atoms with E-state index in [-0.39, 0.29) is 23.7 Å². The summed E-state index contributed by atoms with van der Waals surface area (Å²) in [6, 6.07) is 8.20. The fourth-order valence-corrected chi connectivity index (χ4v) is 4.65. The largest absolute Gasteiger partial charge is 0.497 e. The zero-order valence-corrected chi connectivity index (χ0v) is 16.1. The van der Waals surface area contributed by atoms with Crippen LogP contribution in [0.15, 0.2) is 24.3 Å². The van der Waals surface area contributed by atoms with E-state index >= 15 is 0 Å². The Morgan fingerprint density at radius 2 is 1.44 bits per heavy atom. The highest BCUT2D eigenvalue weighted by atomic mass is 16.5. The lowest BCUT2D eigenvalue weighted by atomic mass is 9.81. The van der Waals surface area contributed by atoms with Crippen molar-refractivity contribution in [2.24, 2.45) is 11.8 Å². The zero-order chi connectivity index (χ0) is 18.8. The molecule has 1 aromatic rings. The predicted molar refractivity (Wildman–Crippen MR) is 102 cm³/mol. The Labute approximate surface area is 161 Å². The van der Waals surface area contributed by atoms with Crippen LogP contribution in [0.1, 0.15) is 31.2 Å². The molecule has 3 aliphatic rings. The number of nitrogens with zero attached hydrogens (tertiary/aromatic N) is 3. The molecular formula is C21H29N3O3. The first-order valence-corrected chi connectivity index (χ1v) is 10.1. The number of carbonyl (C=O) groups is 2. The quantitative estimate of drug-likeness (QED) is 0.741. The molecule has 1 saturated carbocycles. The van der Waals surface area contributed by atoms with Gasteiger partial charge in [0, 0.05) is 32.7 Å². The van der Waals surface area contributed by atoms with Gasteiger partial charge in [-0.15, -0.1) is 0 Å². The van der Waals surface area contributed by atoms with Gasteiger partial charge in [-0.25, -0.2) is 0 Å². The van der Waals surface area contributed by atoms with Gasteiger partial charge in [-0.2, -0.15) is 0 Å². The molecule has 0 bridgehead atoms. The monoisotopic (exact) mass is 371 g/mol. The second-order valence-electron chi connectivity index (χ2n) is 7.99. The third kappa shape index (κ3) is 3.87. The van der Waals surface area contributed by atoms with E-state index in [0.29, 0.717) is 6.67 Å². The summed E-state index contributed by atoms with van der Waals surface area (Å²) in [5.74, 6) is 0.949. The topological polar surface area (TPSA) is 53.1 Å². The second kappa shape index (κ2) is 7.98. The van der Waals surface area contributed by atoms with Gasteiger partial charge in [0.15, 0.2) is 0 Å².